The molecule has 2 heteroatoms. The fourth-order valence-electron chi connectivity index (χ4n) is 3.34. The van der Waals surface area contributed by atoms with Crippen molar-refractivity contribution < 1.29 is 0 Å². The molecule has 0 amide bonds. The first-order valence-electron chi connectivity index (χ1n) is 8.42. The van der Waals surface area contributed by atoms with Crippen molar-refractivity contribution in [1.82, 2.24) is 5.32 Å². The van der Waals surface area contributed by atoms with E-state index in [4.69, 9.17) is 11.6 Å². The third-order valence-electron chi connectivity index (χ3n) is 4.87. The number of aryl methyl sites for hydroxylation is 1. The van der Waals surface area contributed by atoms with E-state index in [1.165, 1.54) is 56.1 Å². The van der Waals surface area contributed by atoms with Gasteiger partial charge in [-0.2, -0.15) is 0 Å². The molecule has 2 saturated carbocycles. The number of nitrogens with one attached hydrogen (secondary N) is 1. The fraction of sp³-hybridized carbons (Fsp3) is 0.579. The summed E-state index contributed by atoms with van der Waals surface area (Å²) in [4.78, 5) is 0. The molecule has 1 N–H and O–H groups in total. The quantitative estimate of drug-likeness (QED) is 0.771. The molecule has 1 aromatic rings. The summed E-state index contributed by atoms with van der Waals surface area (Å²) < 4.78 is 0. The maximum Gasteiger partial charge on any atom is 0.0409 e. The molecule has 3 rings (SSSR count). The SMILES string of the molecule is Cc1cc(Cl)ccc1/C=C(/CNC1CC1)C1CCCCC1. The maximum absolute atomic E-state index is 6.08. The van der Waals surface area contributed by atoms with Crippen molar-refractivity contribution in [2.45, 2.75) is 57.9 Å². The Hall–Kier alpha value is -0.790. The lowest BCUT2D eigenvalue weighted by Gasteiger charge is -2.25. The van der Waals surface area contributed by atoms with E-state index in [0.29, 0.717) is 0 Å². The van der Waals surface area contributed by atoms with Crippen molar-refractivity contribution in [2.75, 3.05) is 6.54 Å². The van der Waals surface area contributed by atoms with Crippen molar-refractivity contribution >= 4 is 17.7 Å². The van der Waals surface area contributed by atoms with Crippen molar-refractivity contribution in [1.29, 1.82) is 0 Å². The Bertz CT molecular complexity index is 510. The molecule has 0 aromatic heterocycles. The molecule has 0 saturated heterocycles. The van der Waals surface area contributed by atoms with Gasteiger partial charge in [0.05, 0.1) is 0 Å². The molecule has 1 nitrogen and oxygen atoms in total. The average Bonchev–Trinajstić information content (AvgIpc) is 3.31. The number of hydrogen-bond acceptors (Lipinski definition) is 1. The van der Waals surface area contributed by atoms with Gasteiger partial charge in [0.2, 0.25) is 0 Å². The fourth-order valence-corrected chi connectivity index (χ4v) is 3.56. The Morgan fingerprint density at radius 2 is 1.95 bits per heavy atom. The third kappa shape index (κ3) is 4.34. The van der Waals surface area contributed by atoms with Crippen molar-refractivity contribution in [2.24, 2.45) is 5.92 Å². The van der Waals surface area contributed by atoms with Gasteiger partial charge in [0.1, 0.15) is 0 Å². The van der Waals surface area contributed by atoms with Gasteiger partial charge in [0, 0.05) is 17.6 Å². The van der Waals surface area contributed by atoms with Gasteiger partial charge < -0.3 is 5.32 Å². The largest absolute Gasteiger partial charge is 0.310 e. The van der Waals surface area contributed by atoms with Crippen LogP contribution in [0.2, 0.25) is 5.02 Å². The first kappa shape index (κ1) is 15.1. The second kappa shape index (κ2) is 6.98. The Labute approximate surface area is 133 Å². The van der Waals surface area contributed by atoms with Crippen molar-refractivity contribution in [3.63, 3.8) is 0 Å². The van der Waals surface area contributed by atoms with E-state index in [9.17, 15) is 0 Å². The predicted octanol–water partition coefficient (Wildman–Crippen LogP) is 5.36. The summed E-state index contributed by atoms with van der Waals surface area (Å²) in [5.41, 5.74) is 4.21. The van der Waals surface area contributed by atoms with Crippen molar-refractivity contribution in [3.8, 4) is 0 Å². The normalized spacial score (nSPS) is 20.8. The summed E-state index contributed by atoms with van der Waals surface area (Å²) in [6, 6.07) is 7.02. The Morgan fingerprint density at radius 1 is 1.19 bits per heavy atom. The zero-order valence-electron chi connectivity index (χ0n) is 13.0. The highest BCUT2D eigenvalue weighted by molar-refractivity contribution is 6.30. The van der Waals surface area contributed by atoms with Crippen LogP contribution in [0.15, 0.2) is 23.8 Å². The van der Waals surface area contributed by atoms with E-state index in [2.05, 4.69) is 30.4 Å². The highest BCUT2D eigenvalue weighted by atomic mass is 35.5. The van der Waals surface area contributed by atoms with Crippen LogP contribution in [0.4, 0.5) is 0 Å². The monoisotopic (exact) mass is 303 g/mol. The van der Waals surface area contributed by atoms with Crippen LogP contribution in [0.5, 0.6) is 0 Å². The maximum atomic E-state index is 6.08. The zero-order chi connectivity index (χ0) is 14.7. The molecule has 0 bridgehead atoms. The number of halogens is 1. The molecule has 0 spiro atoms. The number of benzene rings is 1. The molecule has 0 unspecified atom stereocenters. The second-order valence-electron chi connectivity index (χ2n) is 6.71. The van der Waals surface area contributed by atoms with E-state index in [1.54, 1.807) is 5.57 Å². The molecule has 2 fully saturated rings. The van der Waals surface area contributed by atoms with Crippen LogP contribution in [-0.4, -0.2) is 12.6 Å². The standard InChI is InChI=1S/C19H26ClN/c1-14-11-18(20)8-7-16(14)12-17(13-21-19-9-10-19)15-5-3-2-4-6-15/h7-8,11-12,15,19,21H,2-6,9-10,13H2,1H3/b17-12-. The summed E-state index contributed by atoms with van der Waals surface area (Å²) in [7, 11) is 0. The molecular weight excluding hydrogens is 278 g/mol. The lowest BCUT2D eigenvalue weighted by atomic mass is 9.82. The highest BCUT2D eigenvalue weighted by Gasteiger charge is 2.23. The van der Waals surface area contributed by atoms with Crippen LogP contribution in [0.3, 0.4) is 0 Å². The summed E-state index contributed by atoms with van der Waals surface area (Å²) in [6.07, 6.45) is 12.1. The van der Waals surface area contributed by atoms with Gasteiger partial charge in [-0.3, -0.25) is 0 Å². The molecule has 1 aromatic carbocycles. The summed E-state index contributed by atoms with van der Waals surface area (Å²) >= 11 is 6.08. The van der Waals surface area contributed by atoms with Crippen LogP contribution < -0.4 is 5.32 Å². The van der Waals surface area contributed by atoms with E-state index >= 15 is 0 Å². The summed E-state index contributed by atoms with van der Waals surface area (Å²) in [5.74, 6) is 0.778. The van der Waals surface area contributed by atoms with E-state index in [1.807, 2.05) is 6.07 Å². The number of hydrogen-bond donors (Lipinski definition) is 1. The van der Waals surface area contributed by atoms with Gasteiger partial charge in [-0.05, 0) is 61.8 Å². The van der Waals surface area contributed by atoms with Gasteiger partial charge in [0.15, 0.2) is 0 Å². The molecule has 21 heavy (non-hydrogen) atoms. The minimum Gasteiger partial charge on any atom is -0.310 e. The van der Waals surface area contributed by atoms with E-state index in [0.717, 1.165) is 23.5 Å². The molecular formula is C19H26ClN. The zero-order valence-corrected chi connectivity index (χ0v) is 13.8. The van der Waals surface area contributed by atoms with Crippen LogP contribution >= 0.6 is 11.6 Å². The molecule has 2 aliphatic carbocycles. The minimum atomic E-state index is 0.778. The Balaban J connectivity index is 1.79. The van der Waals surface area contributed by atoms with Crippen LogP contribution in [0.25, 0.3) is 6.08 Å². The third-order valence-corrected chi connectivity index (χ3v) is 5.11. The topological polar surface area (TPSA) is 12.0 Å². The van der Waals surface area contributed by atoms with Gasteiger partial charge >= 0.3 is 0 Å². The first-order chi connectivity index (χ1) is 10.2. The minimum absolute atomic E-state index is 0.778. The average molecular weight is 304 g/mol. The molecule has 114 valence electrons. The molecule has 0 atom stereocenters. The van der Waals surface area contributed by atoms with E-state index < -0.39 is 0 Å². The number of rotatable bonds is 5. The van der Waals surface area contributed by atoms with Gasteiger partial charge in [-0.1, -0.05) is 48.6 Å². The highest BCUT2D eigenvalue weighted by Crippen LogP contribution is 2.32. The summed E-state index contributed by atoms with van der Waals surface area (Å²) in [6.45, 7) is 3.22. The Morgan fingerprint density at radius 3 is 2.62 bits per heavy atom. The first-order valence-corrected chi connectivity index (χ1v) is 8.80. The predicted molar refractivity (Wildman–Crippen MR) is 91.8 cm³/mol. The van der Waals surface area contributed by atoms with E-state index in [-0.39, 0.29) is 0 Å². The van der Waals surface area contributed by atoms with Crippen molar-refractivity contribution in [3.05, 3.63) is 39.9 Å². The lowest BCUT2D eigenvalue weighted by Crippen LogP contribution is -2.24. The molecule has 0 radical (unpaired) electrons. The van der Waals surface area contributed by atoms with Gasteiger partial charge in [-0.25, -0.2) is 0 Å². The second-order valence-corrected chi connectivity index (χ2v) is 7.15. The van der Waals surface area contributed by atoms with Gasteiger partial charge in [0.25, 0.3) is 0 Å². The lowest BCUT2D eigenvalue weighted by molar-refractivity contribution is 0.396. The van der Waals surface area contributed by atoms with Crippen LogP contribution in [-0.2, 0) is 0 Å². The smallest absolute Gasteiger partial charge is 0.0409 e. The van der Waals surface area contributed by atoms with Crippen LogP contribution in [0, 0.1) is 12.8 Å². The molecule has 0 heterocycles. The van der Waals surface area contributed by atoms with Crippen LogP contribution in [0.1, 0.15) is 56.1 Å². The molecule has 2 aliphatic rings. The van der Waals surface area contributed by atoms with Gasteiger partial charge in [-0.15, -0.1) is 0 Å². The summed E-state index contributed by atoms with van der Waals surface area (Å²) in [5, 5.41) is 4.54. The Kier molecular flexibility index (Phi) is 5.03. The molecule has 0 aliphatic heterocycles.